The summed E-state index contributed by atoms with van der Waals surface area (Å²) in [5.74, 6) is 0.573. The third-order valence-corrected chi connectivity index (χ3v) is 3.11. The Kier molecular flexibility index (Phi) is 3.75. The molecular weight excluding hydrogens is 286 g/mol. The van der Waals surface area contributed by atoms with Crippen molar-refractivity contribution in [3.63, 3.8) is 0 Å². The van der Waals surface area contributed by atoms with Gasteiger partial charge in [-0.25, -0.2) is 4.98 Å². The standard InChI is InChI=1S/C8H7Br2NO/c1-2-5-12-8-7(10)6(9)3-4-11-8/h2-4H,1,5H2. The molecule has 1 aromatic rings. The van der Waals surface area contributed by atoms with Crippen LogP contribution in [0.3, 0.4) is 0 Å². The van der Waals surface area contributed by atoms with Gasteiger partial charge < -0.3 is 4.74 Å². The molecule has 0 saturated heterocycles. The SMILES string of the molecule is C=CCOc1nccc(Br)c1Br. The molecule has 0 bridgehead atoms. The molecule has 0 fully saturated rings. The van der Waals surface area contributed by atoms with E-state index in [-0.39, 0.29) is 0 Å². The Bertz CT molecular complexity index is 288. The molecule has 0 unspecified atom stereocenters. The van der Waals surface area contributed by atoms with Gasteiger partial charge in [-0.1, -0.05) is 12.7 Å². The summed E-state index contributed by atoms with van der Waals surface area (Å²) in [5, 5.41) is 0. The first kappa shape index (κ1) is 9.74. The summed E-state index contributed by atoms with van der Waals surface area (Å²) in [4.78, 5) is 4.03. The van der Waals surface area contributed by atoms with Crippen molar-refractivity contribution in [2.75, 3.05) is 6.61 Å². The van der Waals surface area contributed by atoms with Gasteiger partial charge in [0.05, 0.1) is 4.47 Å². The van der Waals surface area contributed by atoms with Crippen LogP contribution in [0.4, 0.5) is 0 Å². The predicted molar refractivity (Wildman–Crippen MR) is 55.3 cm³/mol. The smallest absolute Gasteiger partial charge is 0.229 e. The molecular formula is C8H7Br2NO. The van der Waals surface area contributed by atoms with Crippen LogP contribution in [0.25, 0.3) is 0 Å². The summed E-state index contributed by atoms with van der Waals surface area (Å²) in [7, 11) is 0. The fourth-order valence-electron chi connectivity index (χ4n) is 0.641. The minimum absolute atomic E-state index is 0.460. The first-order chi connectivity index (χ1) is 5.75. The Labute approximate surface area is 87.9 Å². The molecule has 0 atom stereocenters. The molecule has 12 heavy (non-hydrogen) atoms. The van der Waals surface area contributed by atoms with E-state index in [0.29, 0.717) is 12.5 Å². The third-order valence-electron chi connectivity index (χ3n) is 1.15. The lowest BCUT2D eigenvalue weighted by Gasteiger charge is -2.04. The number of nitrogens with zero attached hydrogens (tertiary/aromatic N) is 1. The van der Waals surface area contributed by atoms with Gasteiger partial charge in [-0.3, -0.25) is 0 Å². The highest BCUT2D eigenvalue weighted by Crippen LogP contribution is 2.29. The molecule has 2 nitrogen and oxygen atoms in total. The van der Waals surface area contributed by atoms with Crippen LogP contribution < -0.4 is 4.74 Å². The third kappa shape index (κ3) is 2.32. The van der Waals surface area contributed by atoms with E-state index >= 15 is 0 Å². The Morgan fingerprint density at radius 1 is 1.58 bits per heavy atom. The second-order valence-electron chi connectivity index (χ2n) is 2.01. The molecule has 64 valence electrons. The van der Waals surface area contributed by atoms with Crippen molar-refractivity contribution in [3.05, 3.63) is 33.9 Å². The van der Waals surface area contributed by atoms with Gasteiger partial charge in [-0.2, -0.15) is 0 Å². The monoisotopic (exact) mass is 291 g/mol. The van der Waals surface area contributed by atoms with Crippen molar-refractivity contribution in [2.24, 2.45) is 0 Å². The molecule has 1 heterocycles. The number of hydrogen-bond acceptors (Lipinski definition) is 2. The number of hydrogen-bond donors (Lipinski definition) is 0. The predicted octanol–water partition coefficient (Wildman–Crippen LogP) is 3.17. The average Bonchev–Trinajstić information content (AvgIpc) is 2.08. The molecule has 0 N–H and O–H groups in total. The van der Waals surface area contributed by atoms with Crippen LogP contribution >= 0.6 is 31.9 Å². The highest BCUT2D eigenvalue weighted by Gasteiger charge is 2.04. The Morgan fingerprint density at radius 2 is 2.33 bits per heavy atom. The van der Waals surface area contributed by atoms with Crippen molar-refractivity contribution in [1.29, 1.82) is 0 Å². The van der Waals surface area contributed by atoms with E-state index in [0.717, 1.165) is 8.95 Å². The quantitative estimate of drug-likeness (QED) is 0.799. The van der Waals surface area contributed by atoms with Gasteiger partial charge in [0.1, 0.15) is 6.61 Å². The minimum atomic E-state index is 0.460. The number of pyridine rings is 1. The Balaban J connectivity index is 2.84. The lowest BCUT2D eigenvalue weighted by atomic mass is 10.5. The zero-order chi connectivity index (χ0) is 8.97. The van der Waals surface area contributed by atoms with Crippen LogP contribution in [-0.2, 0) is 0 Å². The van der Waals surface area contributed by atoms with Crippen LogP contribution in [0.15, 0.2) is 33.9 Å². The number of ether oxygens (including phenoxy) is 1. The van der Waals surface area contributed by atoms with Crippen LogP contribution in [0.5, 0.6) is 5.88 Å². The highest BCUT2D eigenvalue weighted by atomic mass is 79.9. The molecule has 0 aliphatic heterocycles. The van der Waals surface area contributed by atoms with E-state index in [2.05, 4.69) is 43.4 Å². The Morgan fingerprint density at radius 3 is 3.00 bits per heavy atom. The van der Waals surface area contributed by atoms with Crippen LogP contribution in [0.1, 0.15) is 0 Å². The Hall–Kier alpha value is -0.350. The van der Waals surface area contributed by atoms with E-state index in [1.807, 2.05) is 6.07 Å². The first-order valence-corrected chi connectivity index (χ1v) is 4.88. The van der Waals surface area contributed by atoms with E-state index in [9.17, 15) is 0 Å². The highest BCUT2D eigenvalue weighted by molar-refractivity contribution is 9.13. The summed E-state index contributed by atoms with van der Waals surface area (Å²) in [6.45, 7) is 4.01. The summed E-state index contributed by atoms with van der Waals surface area (Å²) < 4.78 is 7.01. The fourth-order valence-corrected chi connectivity index (χ4v) is 1.28. The van der Waals surface area contributed by atoms with E-state index in [4.69, 9.17) is 4.74 Å². The van der Waals surface area contributed by atoms with Crippen LogP contribution in [0, 0.1) is 0 Å². The van der Waals surface area contributed by atoms with Crippen molar-refractivity contribution < 1.29 is 4.74 Å². The van der Waals surface area contributed by atoms with Gasteiger partial charge in [-0.05, 0) is 37.9 Å². The molecule has 0 radical (unpaired) electrons. The molecule has 0 aliphatic rings. The molecule has 1 rings (SSSR count). The van der Waals surface area contributed by atoms with Gasteiger partial charge in [0.15, 0.2) is 0 Å². The van der Waals surface area contributed by atoms with Gasteiger partial charge in [0.25, 0.3) is 0 Å². The first-order valence-electron chi connectivity index (χ1n) is 3.29. The molecule has 0 amide bonds. The second kappa shape index (κ2) is 4.62. The molecule has 0 aliphatic carbocycles. The second-order valence-corrected chi connectivity index (χ2v) is 3.66. The van der Waals surface area contributed by atoms with Gasteiger partial charge in [0, 0.05) is 10.7 Å². The van der Waals surface area contributed by atoms with Crippen LogP contribution in [-0.4, -0.2) is 11.6 Å². The van der Waals surface area contributed by atoms with E-state index in [1.54, 1.807) is 12.3 Å². The summed E-state index contributed by atoms with van der Waals surface area (Å²) >= 11 is 6.69. The molecule has 1 aromatic heterocycles. The normalized spacial score (nSPS) is 9.50. The fraction of sp³-hybridized carbons (Fsp3) is 0.125. The van der Waals surface area contributed by atoms with E-state index < -0.39 is 0 Å². The molecule has 0 saturated carbocycles. The van der Waals surface area contributed by atoms with Crippen molar-refractivity contribution in [3.8, 4) is 5.88 Å². The number of halogens is 2. The maximum absolute atomic E-state index is 5.26. The van der Waals surface area contributed by atoms with Gasteiger partial charge in [-0.15, -0.1) is 0 Å². The number of aromatic nitrogens is 1. The molecule has 4 heteroatoms. The van der Waals surface area contributed by atoms with Crippen molar-refractivity contribution in [1.82, 2.24) is 4.98 Å². The lowest BCUT2D eigenvalue weighted by Crippen LogP contribution is -1.96. The number of rotatable bonds is 3. The molecule has 0 spiro atoms. The maximum Gasteiger partial charge on any atom is 0.229 e. The maximum atomic E-state index is 5.26. The van der Waals surface area contributed by atoms with Gasteiger partial charge in [0.2, 0.25) is 5.88 Å². The lowest BCUT2D eigenvalue weighted by molar-refractivity contribution is 0.346. The zero-order valence-corrected chi connectivity index (χ0v) is 9.43. The van der Waals surface area contributed by atoms with Crippen LogP contribution in [0.2, 0.25) is 0 Å². The summed E-state index contributed by atoms with van der Waals surface area (Å²) in [6.07, 6.45) is 3.35. The topological polar surface area (TPSA) is 22.1 Å². The van der Waals surface area contributed by atoms with Gasteiger partial charge >= 0.3 is 0 Å². The summed E-state index contributed by atoms with van der Waals surface area (Å²) in [6, 6.07) is 1.84. The molecule has 0 aromatic carbocycles. The van der Waals surface area contributed by atoms with E-state index in [1.165, 1.54) is 0 Å². The average molecular weight is 293 g/mol. The largest absolute Gasteiger partial charge is 0.473 e. The van der Waals surface area contributed by atoms with Crippen molar-refractivity contribution >= 4 is 31.9 Å². The summed E-state index contributed by atoms with van der Waals surface area (Å²) in [5.41, 5.74) is 0. The minimum Gasteiger partial charge on any atom is -0.473 e. The zero-order valence-electron chi connectivity index (χ0n) is 6.26. The van der Waals surface area contributed by atoms with Crippen molar-refractivity contribution in [2.45, 2.75) is 0 Å².